The Labute approximate surface area is 212 Å². The molecule has 196 valence electrons. The summed E-state index contributed by atoms with van der Waals surface area (Å²) in [6.45, 7) is 6.97. The Morgan fingerprint density at radius 1 is 1.14 bits per heavy atom. The lowest BCUT2D eigenvalue weighted by atomic mass is 9.96. The zero-order valence-corrected chi connectivity index (χ0v) is 20.9. The molecule has 1 aliphatic heterocycles. The predicted molar refractivity (Wildman–Crippen MR) is 133 cm³/mol. The molecule has 2 fully saturated rings. The maximum absolute atomic E-state index is 13.2. The second kappa shape index (κ2) is 9.14. The molecular formula is C24H30N8O5. The maximum Gasteiger partial charge on any atom is 0.291 e. The van der Waals surface area contributed by atoms with Gasteiger partial charge in [-0.1, -0.05) is 20.8 Å². The first-order chi connectivity index (χ1) is 17.5. The molecule has 0 radical (unpaired) electrons. The molecule has 5 rings (SSSR count). The van der Waals surface area contributed by atoms with Crippen LogP contribution in [-0.2, 0) is 6.54 Å². The largest absolute Gasteiger partial charge is 0.494 e. The van der Waals surface area contributed by atoms with E-state index in [1.165, 1.54) is 21.9 Å². The molecule has 1 saturated carbocycles. The minimum atomic E-state index is -0.733. The highest BCUT2D eigenvalue weighted by atomic mass is 16.3. The van der Waals surface area contributed by atoms with Crippen LogP contribution in [0.5, 0.6) is 5.88 Å². The molecule has 1 saturated heterocycles. The van der Waals surface area contributed by atoms with Gasteiger partial charge in [0.25, 0.3) is 17.4 Å². The molecule has 4 heterocycles. The van der Waals surface area contributed by atoms with Gasteiger partial charge in [0.15, 0.2) is 11.4 Å². The molecule has 0 aromatic carbocycles. The zero-order chi connectivity index (χ0) is 26.5. The van der Waals surface area contributed by atoms with Crippen molar-refractivity contribution in [3.8, 4) is 5.88 Å². The van der Waals surface area contributed by atoms with Crippen molar-refractivity contribution in [2.24, 2.45) is 5.41 Å². The van der Waals surface area contributed by atoms with E-state index >= 15 is 0 Å². The van der Waals surface area contributed by atoms with Crippen LogP contribution in [-0.4, -0.2) is 76.3 Å². The quantitative estimate of drug-likeness (QED) is 0.376. The van der Waals surface area contributed by atoms with Crippen LogP contribution in [0.4, 0.5) is 11.6 Å². The first kappa shape index (κ1) is 24.7. The lowest BCUT2D eigenvalue weighted by Gasteiger charge is -2.23. The average molecular weight is 511 g/mol. The first-order valence-electron chi connectivity index (χ1n) is 12.2. The molecule has 13 nitrogen and oxygen atoms in total. The van der Waals surface area contributed by atoms with Gasteiger partial charge >= 0.3 is 0 Å². The Balaban J connectivity index is 1.46. The summed E-state index contributed by atoms with van der Waals surface area (Å²) in [6.07, 6.45) is 4.38. The number of aromatic hydroxyl groups is 1. The lowest BCUT2D eigenvalue weighted by Crippen LogP contribution is -2.35. The summed E-state index contributed by atoms with van der Waals surface area (Å²) in [7, 11) is 0. The number of likely N-dealkylation sites (tertiary alicyclic amines) is 1. The van der Waals surface area contributed by atoms with Crippen LogP contribution in [0, 0.1) is 5.41 Å². The molecule has 13 heteroatoms. The van der Waals surface area contributed by atoms with Gasteiger partial charge in [0, 0.05) is 31.7 Å². The van der Waals surface area contributed by atoms with Gasteiger partial charge in [0.2, 0.25) is 5.88 Å². The van der Waals surface area contributed by atoms with E-state index in [4.69, 9.17) is 0 Å². The van der Waals surface area contributed by atoms with Crippen LogP contribution < -0.4 is 16.2 Å². The van der Waals surface area contributed by atoms with Crippen molar-refractivity contribution in [3.05, 3.63) is 40.1 Å². The second-order valence-electron chi connectivity index (χ2n) is 10.8. The highest BCUT2D eigenvalue weighted by Gasteiger charge is 2.30. The van der Waals surface area contributed by atoms with E-state index in [1.54, 1.807) is 6.07 Å². The van der Waals surface area contributed by atoms with Crippen LogP contribution in [0.3, 0.4) is 0 Å². The third-order valence-electron chi connectivity index (χ3n) is 6.20. The predicted octanol–water partition coefficient (Wildman–Crippen LogP) is 0.880. The number of aliphatic hydroxyl groups is 1. The van der Waals surface area contributed by atoms with Crippen molar-refractivity contribution < 1.29 is 19.8 Å². The van der Waals surface area contributed by atoms with Crippen molar-refractivity contribution in [3.63, 3.8) is 0 Å². The fourth-order valence-corrected chi connectivity index (χ4v) is 4.26. The number of nitrogens with zero attached hydrogens (tertiary/aromatic N) is 6. The Morgan fingerprint density at radius 3 is 2.49 bits per heavy atom. The Hall–Kier alpha value is -4.00. The van der Waals surface area contributed by atoms with Crippen molar-refractivity contribution >= 4 is 29.1 Å². The molecule has 3 aromatic heterocycles. The molecule has 1 unspecified atom stereocenters. The monoisotopic (exact) mass is 510 g/mol. The number of carbonyl (C=O) groups is 2. The fraction of sp³-hybridized carbons (Fsp3) is 0.500. The number of anilines is 2. The summed E-state index contributed by atoms with van der Waals surface area (Å²) in [5.41, 5.74) is -0.920. The smallest absolute Gasteiger partial charge is 0.291 e. The Morgan fingerprint density at radius 2 is 1.89 bits per heavy atom. The SMILES string of the molecule is CC(C)(C)Cn1c(O)c(C(=O)NC2CC2)c(=O)n2nc(Nc3cnc(C(=O)N4CCC(O)C4)cn3)cc12. The normalized spacial score (nSPS) is 17.8. The van der Waals surface area contributed by atoms with Gasteiger partial charge in [-0.25, -0.2) is 9.97 Å². The number of aromatic nitrogens is 5. The molecule has 0 bridgehead atoms. The molecule has 37 heavy (non-hydrogen) atoms. The summed E-state index contributed by atoms with van der Waals surface area (Å²) in [6, 6.07) is 1.58. The van der Waals surface area contributed by atoms with E-state index in [-0.39, 0.29) is 46.8 Å². The number of aliphatic hydroxyl groups excluding tert-OH is 1. The van der Waals surface area contributed by atoms with E-state index < -0.39 is 23.5 Å². The number of β-amino-alcohol motifs (C(OH)–C–C–N with tert-alkyl or cyclic N) is 1. The summed E-state index contributed by atoms with van der Waals surface area (Å²) >= 11 is 0. The first-order valence-corrected chi connectivity index (χ1v) is 12.2. The van der Waals surface area contributed by atoms with Gasteiger partial charge in [-0.05, 0) is 24.7 Å². The van der Waals surface area contributed by atoms with Crippen LogP contribution in [0.25, 0.3) is 5.65 Å². The molecule has 3 aromatic rings. The van der Waals surface area contributed by atoms with Crippen LogP contribution in [0.15, 0.2) is 23.3 Å². The fourth-order valence-electron chi connectivity index (χ4n) is 4.26. The molecular weight excluding hydrogens is 480 g/mol. The van der Waals surface area contributed by atoms with Gasteiger partial charge in [0.1, 0.15) is 17.2 Å². The Bertz CT molecular complexity index is 1420. The van der Waals surface area contributed by atoms with Crippen molar-refractivity contribution in [2.75, 3.05) is 18.4 Å². The standard InChI is InChI=1S/C24H30N8O5/c1-24(2,3)12-31-18-8-16(29-32(18)23(37)19(22(31)36)20(34)27-13-4-5-13)28-17-10-25-15(9-26-17)21(35)30-7-6-14(33)11-30/h8-10,13-14,33,36H,4-7,11-12H2,1-3H3,(H,27,34)(H,26,28,29). The minimum Gasteiger partial charge on any atom is -0.494 e. The van der Waals surface area contributed by atoms with Crippen molar-refractivity contribution in [1.82, 2.24) is 34.4 Å². The average Bonchev–Trinajstić information content (AvgIpc) is 3.37. The highest BCUT2D eigenvalue weighted by molar-refractivity contribution is 5.96. The van der Waals surface area contributed by atoms with E-state index in [9.17, 15) is 24.6 Å². The molecule has 0 spiro atoms. The van der Waals surface area contributed by atoms with E-state index in [2.05, 4.69) is 25.7 Å². The number of rotatable bonds is 6. The van der Waals surface area contributed by atoms with Crippen molar-refractivity contribution in [1.29, 1.82) is 0 Å². The van der Waals surface area contributed by atoms with Gasteiger partial charge in [-0.2, -0.15) is 4.52 Å². The maximum atomic E-state index is 13.2. The van der Waals surface area contributed by atoms with Crippen LogP contribution >= 0.6 is 0 Å². The third-order valence-corrected chi connectivity index (χ3v) is 6.20. The van der Waals surface area contributed by atoms with E-state index in [1.807, 2.05) is 20.8 Å². The highest BCUT2D eigenvalue weighted by Crippen LogP contribution is 2.27. The number of hydrogen-bond acceptors (Lipinski definition) is 9. The van der Waals surface area contributed by atoms with Gasteiger partial charge in [-0.15, -0.1) is 5.10 Å². The number of fused-ring (bicyclic) bond motifs is 1. The number of amides is 2. The van der Waals surface area contributed by atoms with Crippen LogP contribution in [0.1, 0.15) is 60.9 Å². The van der Waals surface area contributed by atoms with Gasteiger partial charge in [0.05, 0.1) is 18.5 Å². The summed E-state index contributed by atoms with van der Waals surface area (Å²) < 4.78 is 2.58. The van der Waals surface area contributed by atoms with E-state index in [0.717, 1.165) is 17.4 Å². The Kier molecular flexibility index (Phi) is 6.10. The molecule has 1 atom stereocenters. The molecule has 1 aliphatic carbocycles. The molecule has 2 aliphatic rings. The van der Waals surface area contributed by atoms with E-state index in [0.29, 0.717) is 25.2 Å². The number of hydrogen-bond donors (Lipinski definition) is 4. The topological polar surface area (TPSA) is 167 Å². The third kappa shape index (κ3) is 5.12. The zero-order valence-electron chi connectivity index (χ0n) is 20.9. The van der Waals surface area contributed by atoms with Gasteiger partial charge < -0.3 is 25.7 Å². The minimum absolute atomic E-state index is 0.0110. The van der Waals surface area contributed by atoms with Crippen molar-refractivity contribution in [2.45, 2.75) is 58.7 Å². The summed E-state index contributed by atoms with van der Waals surface area (Å²) in [4.78, 5) is 48.5. The summed E-state index contributed by atoms with van der Waals surface area (Å²) in [5.74, 6) is -0.819. The number of nitrogens with one attached hydrogen (secondary N) is 2. The van der Waals surface area contributed by atoms with Crippen LogP contribution in [0.2, 0.25) is 0 Å². The number of carbonyl (C=O) groups excluding carboxylic acids is 2. The lowest BCUT2D eigenvalue weighted by molar-refractivity contribution is 0.0758. The second-order valence-corrected chi connectivity index (χ2v) is 10.8. The molecule has 2 amide bonds. The summed E-state index contributed by atoms with van der Waals surface area (Å²) in [5, 5.41) is 30.7. The molecule has 4 N–H and O–H groups in total. The van der Waals surface area contributed by atoms with Gasteiger partial charge in [-0.3, -0.25) is 19.0 Å².